The summed E-state index contributed by atoms with van der Waals surface area (Å²) in [4.78, 5) is 4.87. The molecule has 0 radical (unpaired) electrons. The van der Waals surface area contributed by atoms with Crippen molar-refractivity contribution in [2.45, 2.75) is 18.9 Å². The molecule has 0 N–H and O–H groups in total. The fraction of sp³-hybridized carbons (Fsp3) is 1.00. The maximum atomic E-state index is 2.52. The van der Waals surface area contributed by atoms with E-state index in [1.165, 1.54) is 30.5 Å². The highest BCUT2D eigenvalue weighted by molar-refractivity contribution is 14.1. The normalized spacial score (nSPS) is 27.8. The van der Waals surface area contributed by atoms with Gasteiger partial charge < -0.3 is 4.90 Å². The highest BCUT2D eigenvalue weighted by Crippen LogP contribution is 2.13. The van der Waals surface area contributed by atoms with Gasteiger partial charge in [-0.25, -0.2) is 0 Å². The Balaban J connectivity index is 2.33. The van der Waals surface area contributed by atoms with Crippen LogP contribution in [0.4, 0.5) is 0 Å². The maximum Gasteiger partial charge on any atom is 0.0506 e. The van der Waals surface area contributed by atoms with Crippen molar-refractivity contribution in [2.75, 3.05) is 31.7 Å². The highest BCUT2D eigenvalue weighted by atomic mass is 127. The SMILES string of the molecule is CN(C)C1CCCN(CI)C1. The second-order valence-electron chi connectivity index (χ2n) is 3.46. The van der Waals surface area contributed by atoms with E-state index in [1.54, 1.807) is 0 Å². The summed E-state index contributed by atoms with van der Waals surface area (Å²) in [6.07, 6.45) is 2.74. The van der Waals surface area contributed by atoms with Gasteiger partial charge >= 0.3 is 0 Å². The van der Waals surface area contributed by atoms with Crippen molar-refractivity contribution >= 4 is 22.6 Å². The van der Waals surface area contributed by atoms with Gasteiger partial charge in [-0.2, -0.15) is 0 Å². The minimum Gasteiger partial charge on any atom is -0.305 e. The Hall–Kier alpha value is 0.650. The second-order valence-corrected chi connectivity index (χ2v) is 4.14. The fourth-order valence-electron chi connectivity index (χ4n) is 1.56. The highest BCUT2D eigenvalue weighted by Gasteiger charge is 2.19. The average molecular weight is 268 g/mol. The first-order valence-corrected chi connectivity index (χ1v) is 5.71. The van der Waals surface area contributed by atoms with Gasteiger partial charge in [0.15, 0.2) is 0 Å². The van der Waals surface area contributed by atoms with Gasteiger partial charge in [-0.1, -0.05) is 22.6 Å². The smallest absolute Gasteiger partial charge is 0.0506 e. The second kappa shape index (κ2) is 4.62. The van der Waals surface area contributed by atoms with E-state index < -0.39 is 0 Å². The predicted octanol–water partition coefficient (Wildman–Crippen LogP) is 1.40. The molecule has 0 aromatic carbocycles. The standard InChI is InChI=1S/C8H17IN2/c1-10(2)8-4-3-5-11(6-8)7-9/h8H,3-7H2,1-2H3. The summed E-state index contributed by atoms with van der Waals surface area (Å²) in [5, 5.41) is 0. The lowest BCUT2D eigenvalue weighted by Gasteiger charge is -2.34. The van der Waals surface area contributed by atoms with Crippen LogP contribution in [0.25, 0.3) is 0 Å². The zero-order valence-electron chi connectivity index (χ0n) is 7.39. The summed E-state index contributed by atoms with van der Waals surface area (Å²) >= 11 is 2.45. The van der Waals surface area contributed by atoms with Crippen molar-refractivity contribution in [1.29, 1.82) is 0 Å². The summed E-state index contributed by atoms with van der Waals surface area (Å²) in [7, 11) is 4.36. The van der Waals surface area contributed by atoms with Gasteiger partial charge in [0.1, 0.15) is 0 Å². The van der Waals surface area contributed by atoms with Crippen LogP contribution in [0, 0.1) is 0 Å². The summed E-state index contributed by atoms with van der Waals surface area (Å²) in [5.74, 6) is 0. The molecule has 66 valence electrons. The molecule has 1 atom stereocenters. The largest absolute Gasteiger partial charge is 0.305 e. The van der Waals surface area contributed by atoms with Gasteiger partial charge in [0.25, 0.3) is 0 Å². The van der Waals surface area contributed by atoms with Crippen LogP contribution in [0.3, 0.4) is 0 Å². The van der Waals surface area contributed by atoms with E-state index in [4.69, 9.17) is 0 Å². The van der Waals surface area contributed by atoms with Crippen molar-refractivity contribution in [2.24, 2.45) is 0 Å². The van der Waals surface area contributed by atoms with E-state index >= 15 is 0 Å². The molecule has 0 bridgehead atoms. The monoisotopic (exact) mass is 268 g/mol. The van der Waals surface area contributed by atoms with Crippen LogP contribution in [0.15, 0.2) is 0 Å². The van der Waals surface area contributed by atoms with Crippen LogP contribution >= 0.6 is 22.6 Å². The summed E-state index contributed by atoms with van der Waals surface area (Å²) in [5.41, 5.74) is 0. The van der Waals surface area contributed by atoms with Gasteiger partial charge in [-0.3, -0.25) is 4.90 Å². The molecular weight excluding hydrogens is 251 g/mol. The van der Waals surface area contributed by atoms with Crippen LogP contribution in [0.1, 0.15) is 12.8 Å². The van der Waals surface area contributed by atoms with Crippen LogP contribution < -0.4 is 0 Å². The fourth-order valence-corrected chi connectivity index (χ4v) is 2.18. The van der Waals surface area contributed by atoms with Crippen LogP contribution in [-0.4, -0.2) is 47.6 Å². The summed E-state index contributed by atoms with van der Waals surface area (Å²) in [6, 6.07) is 0.790. The van der Waals surface area contributed by atoms with E-state index in [0.29, 0.717) is 0 Å². The molecule has 1 aliphatic rings. The Labute approximate surface area is 83.1 Å². The van der Waals surface area contributed by atoms with Crippen LogP contribution in [-0.2, 0) is 0 Å². The van der Waals surface area contributed by atoms with Crippen molar-refractivity contribution < 1.29 is 0 Å². The van der Waals surface area contributed by atoms with E-state index in [2.05, 4.69) is 46.5 Å². The number of alkyl halides is 1. The summed E-state index contributed by atoms with van der Waals surface area (Å²) in [6.45, 7) is 2.56. The van der Waals surface area contributed by atoms with Crippen molar-refractivity contribution in [3.8, 4) is 0 Å². The molecule has 1 aliphatic heterocycles. The molecule has 0 saturated carbocycles. The van der Waals surface area contributed by atoms with Crippen LogP contribution in [0.2, 0.25) is 0 Å². The predicted molar refractivity (Wildman–Crippen MR) is 57.2 cm³/mol. The van der Waals surface area contributed by atoms with Gasteiger partial charge in [0.2, 0.25) is 0 Å². The lowest BCUT2D eigenvalue weighted by atomic mass is 10.1. The van der Waals surface area contributed by atoms with E-state index in [9.17, 15) is 0 Å². The number of hydrogen-bond acceptors (Lipinski definition) is 2. The molecule has 1 saturated heterocycles. The maximum absolute atomic E-state index is 2.52. The molecule has 1 heterocycles. The molecule has 0 aromatic heterocycles. The van der Waals surface area contributed by atoms with Gasteiger partial charge in [0.05, 0.1) is 4.55 Å². The third-order valence-electron chi connectivity index (χ3n) is 2.38. The van der Waals surface area contributed by atoms with Crippen molar-refractivity contribution in [3.63, 3.8) is 0 Å². The zero-order valence-corrected chi connectivity index (χ0v) is 9.54. The zero-order chi connectivity index (χ0) is 8.27. The van der Waals surface area contributed by atoms with Gasteiger partial charge in [0, 0.05) is 12.6 Å². The van der Waals surface area contributed by atoms with Crippen LogP contribution in [0.5, 0.6) is 0 Å². The van der Waals surface area contributed by atoms with E-state index in [1.807, 2.05) is 0 Å². The Morgan fingerprint density at radius 2 is 2.27 bits per heavy atom. The van der Waals surface area contributed by atoms with E-state index in [-0.39, 0.29) is 0 Å². The number of piperidine rings is 1. The third kappa shape index (κ3) is 2.87. The van der Waals surface area contributed by atoms with E-state index in [0.717, 1.165) is 6.04 Å². The molecule has 0 aromatic rings. The molecule has 0 amide bonds. The molecule has 11 heavy (non-hydrogen) atoms. The Morgan fingerprint density at radius 3 is 2.82 bits per heavy atom. The molecule has 1 unspecified atom stereocenters. The molecule has 0 aliphatic carbocycles. The molecule has 3 heteroatoms. The number of likely N-dealkylation sites (N-methyl/N-ethyl adjacent to an activating group) is 1. The molecule has 0 spiro atoms. The first-order valence-electron chi connectivity index (χ1n) is 4.19. The number of likely N-dealkylation sites (tertiary alicyclic amines) is 1. The third-order valence-corrected chi connectivity index (χ3v) is 3.34. The Kier molecular flexibility index (Phi) is 4.09. The summed E-state index contributed by atoms with van der Waals surface area (Å²) < 4.78 is 1.18. The average Bonchev–Trinajstić information content (AvgIpc) is 2.05. The van der Waals surface area contributed by atoms with Crippen molar-refractivity contribution in [3.05, 3.63) is 0 Å². The van der Waals surface area contributed by atoms with Gasteiger partial charge in [-0.15, -0.1) is 0 Å². The first kappa shape index (κ1) is 9.74. The number of halogens is 1. The van der Waals surface area contributed by atoms with Gasteiger partial charge in [-0.05, 0) is 33.5 Å². The number of hydrogen-bond donors (Lipinski definition) is 0. The lowest BCUT2D eigenvalue weighted by Crippen LogP contribution is -2.44. The molecule has 1 rings (SSSR count). The minimum absolute atomic E-state index is 0.790. The minimum atomic E-state index is 0.790. The first-order chi connectivity index (χ1) is 5.24. The number of rotatable bonds is 2. The molecular formula is C8H17IN2. The van der Waals surface area contributed by atoms with Crippen molar-refractivity contribution in [1.82, 2.24) is 9.80 Å². The lowest BCUT2D eigenvalue weighted by molar-refractivity contribution is 0.153. The molecule has 2 nitrogen and oxygen atoms in total. The number of nitrogens with zero attached hydrogens (tertiary/aromatic N) is 2. The topological polar surface area (TPSA) is 6.48 Å². The molecule has 1 fully saturated rings. The Bertz CT molecular complexity index is 117. The quantitative estimate of drug-likeness (QED) is 0.424. The Morgan fingerprint density at radius 1 is 1.55 bits per heavy atom.